The van der Waals surface area contributed by atoms with Crippen molar-refractivity contribution < 1.29 is 5.11 Å². The van der Waals surface area contributed by atoms with Gasteiger partial charge in [0.15, 0.2) is 5.75 Å². The standard InChI is InChI=1S/C15H24N2O/c1-2-3-4-5-12-6-8-13(9-7-12)15-16-10-14(18)11-17-15/h10-13,18H,2-9H2,1H3. The van der Waals surface area contributed by atoms with Crippen LogP contribution in [-0.4, -0.2) is 15.1 Å². The zero-order valence-corrected chi connectivity index (χ0v) is 11.3. The second-order valence-corrected chi connectivity index (χ2v) is 5.51. The van der Waals surface area contributed by atoms with Gasteiger partial charge in [0.05, 0.1) is 12.4 Å². The SMILES string of the molecule is CCCCCC1CCC(c2ncc(O)cn2)CC1. The molecule has 1 heterocycles. The van der Waals surface area contributed by atoms with Crippen molar-refractivity contribution in [2.24, 2.45) is 5.92 Å². The Bertz CT molecular complexity index is 342. The Hall–Kier alpha value is -1.12. The van der Waals surface area contributed by atoms with Crippen molar-refractivity contribution in [3.8, 4) is 5.75 Å². The molecule has 1 aliphatic rings. The lowest BCUT2D eigenvalue weighted by molar-refractivity contribution is 0.296. The molecule has 100 valence electrons. The molecule has 2 rings (SSSR count). The van der Waals surface area contributed by atoms with E-state index in [0.717, 1.165) is 11.7 Å². The number of aromatic nitrogens is 2. The van der Waals surface area contributed by atoms with Crippen LogP contribution in [0.4, 0.5) is 0 Å². The molecule has 0 bridgehead atoms. The van der Waals surface area contributed by atoms with Crippen LogP contribution < -0.4 is 0 Å². The van der Waals surface area contributed by atoms with Gasteiger partial charge < -0.3 is 5.11 Å². The molecule has 1 aliphatic carbocycles. The van der Waals surface area contributed by atoms with Gasteiger partial charge in [0, 0.05) is 5.92 Å². The number of rotatable bonds is 5. The zero-order valence-electron chi connectivity index (χ0n) is 11.3. The van der Waals surface area contributed by atoms with Gasteiger partial charge in [0.1, 0.15) is 5.82 Å². The third kappa shape index (κ3) is 3.69. The van der Waals surface area contributed by atoms with E-state index in [1.54, 1.807) is 0 Å². The number of hydrogen-bond acceptors (Lipinski definition) is 3. The maximum Gasteiger partial charge on any atom is 0.152 e. The molecule has 3 nitrogen and oxygen atoms in total. The molecule has 0 saturated heterocycles. The highest BCUT2D eigenvalue weighted by atomic mass is 16.3. The van der Waals surface area contributed by atoms with Crippen LogP contribution in [0.2, 0.25) is 0 Å². The second kappa shape index (κ2) is 6.72. The third-order valence-electron chi connectivity index (χ3n) is 4.09. The molecule has 0 spiro atoms. The summed E-state index contributed by atoms with van der Waals surface area (Å²) >= 11 is 0. The van der Waals surface area contributed by atoms with E-state index in [0.29, 0.717) is 5.92 Å². The van der Waals surface area contributed by atoms with Gasteiger partial charge in [-0.25, -0.2) is 9.97 Å². The summed E-state index contributed by atoms with van der Waals surface area (Å²) in [5.74, 6) is 2.50. The summed E-state index contributed by atoms with van der Waals surface area (Å²) in [4.78, 5) is 8.48. The van der Waals surface area contributed by atoms with E-state index < -0.39 is 0 Å². The Labute approximate surface area is 110 Å². The fourth-order valence-corrected chi connectivity index (χ4v) is 2.93. The Morgan fingerprint density at radius 2 is 1.78 bits per heavy atom. The molecule has 18 heavy (non-hydrogen) atoms. The van der Waals surface area contributed by atoms with E-state index in [1.807, 2.05) is 0 Å². The van der Waals surface area contributed by atoms with Gasteiger partial charge in [0.2, 0.25) is 0 Å². The highest BCUT2D eigenvalue weighted by molar-refractivity contribution is 5.11. The smallest absolute Gasteiger partial charge is 0.152 e. The molecule has 0 aromatic carbocycles. The van der Waals surface area contributed by atoms with Gasteiger partial charge in [-0.2, -0.15) is 0 Å². The Morgan fingerprint density at radius 1 is 1.11 bits per heavy atom. The first kappa shape index (κ1) is 13.3. The number of aromatic hydroxyl groups is 1. The Morgan fingerprint density at radius 3 is 2.39 bits per heavy atom. The minimum absolute atomic E-state index is 0.159. The highest BCUT2D eigenvalue weighted by Crippen LogP contribution is 2.36. The first-order valence-corrected chi connectivity index (χ1v) is 7.30. The first-order valence-electron chi connectivity index (χ1n) is 7.30. The summed E-state index contributed by atoms with van der Waals surface area (Å²) in [6.07, 6.45) is 13.6. The average molecular weight is 248 g/mol. The minimum Gasteiger partial charge on any atom is -0.505 e. The molecule has 0 atom stereocenters. The van der Waals surface area contributed by atoms with E-state index in [-0.39, 0.29) is 5.75 Å². The van der Waals surface area contributed by atoms with Crippen LogP contribution in [0.3, 0.4) is 0 Å². The van der Waals surface area contributed by atoms with Crippen LogP contribution in [0.25, 0.3) is 0 Å². The monoisotopic (exact) mass is 248 g/mol. The molecule has 1 aromatic rings. The predicted octanol–water partition coefficient (Wildman–Crippen LogP) is 4.04. The van der Waals surface area contributed by atoms with E-state index in [1.165, 1.54) is 63.8 Å². The van der Waals surface area contributed by atoms with Gasteiger partial charge in [-0.15, -0.1) is 0 Å². The summed E-state index contributed by atoms with van der Waals surface area (Å²) < 4.78 is 0. The van der Waals surface area contributed by atoms with Gasteiger partial charge in [-0.1, -0.05) is 32.6 Å². The molecule has 0 aliphatic heterocycles. The topological polar surface area (TPSA) is 46.0 Å². The molecule has 0 radical (unpaired) electrons. The Kier molecular flexibility index (Phi) is 4.97. The summed E-state index contributed by atoms with van der Waals surface area (Å²) in [7, 11) is 0. The van der Waals surface area contributed by atoms with Crippen molar-refractivity contribution in [1.82, 2.24) is 9.97 Å². The van der Waals surface area contributed by atoms with E-state index in [4.69, 9.17) is 0 Å². The zero-order chi connectivity index (χ0) is 12.8. The van der Waals surface area contributed by atoms with Crippen LogP contribution in [0.5, 0.6) is 5.75 Å². The lowest BCUT2D eigenvalue weighted by Crippen LogP contribution is -2.15. The molecule has 1 fully saturated rings. The quantitative estimate of drug-likeness (QED) is 0.800. The molecular formula is C15H24N2O. The molecule has 3 heteroatoms. The van der Waals surface area contributed by atoms with Crippen LogP contribution in [0, 0.1) is 5.92 Å². The minimum atomic E-state index is 0.159. The van der Waals surface area contributed by atoms with Crippen molar-refractivity contribution in [1.29, 1.82) is 0 Å². The largest absolute Gasteiger partial charge is 0.505 e. The average Bonchev–Trinajstić information content (AvgIpc) is 2.41. The van der Waals surface area contributed by atoms with Crippen LogP contribution in [0.15, 0.2) is 12.4 Å². The number of unbranched alkanes of at least 4 members (excludes halogenated alkanes) is 2. The van der Waals surface area contributed by atoms with Gasteiger partial charge in [-0.3, -0.25) is 0 Å². The lowest BCUT2D eigenvalue weighted by Gasteiger charge is -2.27. The maximum absolute atomic E-state index is 9.19. The van der Waals surface area contributed by atoms with Crippen molar-refractivity contribution in [3.63, 3.8) is 0 Å². The van der Waals surface area contributed by atoms with Crippen LogP contribution in [-0.2, 0) is 0 Å². The van der Waals surface area contributed by atoms with Crippen molar-refractivity contribution >= 4 is 0 Å². The molecule has 1 aromatic heterocycles. The summed E-state index contributed by atoms with van der Waals surface area (Å²) in [6.45, 7) is 2.26. The van der Waals surface area contributed by atoms with Crippen molar-refractivity contribution in [2.75, 3.05) is 0 Å². The first-order chi connectivity index (χ1) is 8.79. The molecule has 1 saturated carbocycles. The summed E-state index contributed by atoms with van der Waals surface area (Å²) in [5.41, 5.74) is 0. The maximum atomic E-state index is 9.19. The van der Waals surface area contributed by atoms with E-state index in [2.05, 4.69) is 16.9 Å². The molecule has 0 amide bonds. The predicted molar refractivity (Wildman–Crippen MR) is 72.5 cm³/mol. The highest BCUT2D eigenvalue weighted by Gasteiger charge is 2.23. The molecular weight excluding hydrogens is 224 g/mol. The molecule has 0 unspecified atom stereocenters. The summed E-state index contributed by atoms with van der Waals surface area (Å²) in [5, 5.41) is 9.19. The third-order valence-corrected chi connectivity index (χ3v) is 4.09. The summed E-state index contributed by atoms with van der Waals surface area (Å²) in [6, 6.07) is 0. The van der Waals surface area contributed by atoms with Gasteiger partial charge in [0.25, 0.3) is 0 Å². The van der Waals surface area contributed by atoms with Crippen LogP contribution in [0.1, 0.15) is 70.0 Å². The lowest BCUT2D eigenvalue weighted by atomic mass is 9.79. The van der Waals surface area contributed by atoms with Crippen LogP contribution >= 0.6 is 0 Å². The normalized spacial score (nSPS) is 24.1. The number of nitrogens with zero attached hydrogens (tertiary/aromatic N) is 2. The van der Waals surface area contributed by atoms with Gasteiger partial charge in [-0.05, 0) is 31.6 Å². The fraction of sp³-hybridized carbons (Fsp3) is 0.733. The fourth-order valence-electron chi connectivity index (χ4n) is 2.93. The van der Waals surface area contributed by atoms with Gasteiger partial charge >= 0.3 is 0 Å². The second-order valence-electron chi connectivity index (χ2n) is 5.51. The van der Waals surface area contributed by atoms with Crippen molar-refractivity contribution in [2.45, 2.75) is 64.2 Å². The van der Waals surface area contributed by atoms with Crippen molar-refractivity contribution in [3.05, 3.63) is 18.2 Å². The van der Waals surface area contributed by atoms with E-state index in [9.17, 15) is 5.11 Å². The molecule has 1 N–H and O–H groups in total. The van der Waals surface area contributed by atoms with E-state index >= 15 is 0 Å². The number of hydrogen-bond donors (Lipinski definition) is 1. The Balaban J connectivity index is 1.77.